The third-order valence-electron chi connectivity index (χ3n) is 9.59. The summed E-state index contributed by atoms with van der Waals surface area (Å²) >= 11 is 0. The molecule has 2 fully saturated rings. The van der Waals surface area contributed by atoms with Gasteiger partial charge in [0.25, 0.3) is 5.91 Å². The molecule has 0 saturated carbocycles. The van der Waals surface area contributed by atoms with Crippen LogP contribution in [0.2, 0.25) is 0 Å². The summed E-state index contributed by atoms with van der Waals surface area (Å²) in [5.74, 6) is 0.000503. The number of imide groups is 1. The lowest BCUT2D eigenvalue weighted by Gasteiger charge is -2.38. The zero-order valence-electron chi connectivity index (χ0n) is 29.1. The van der Waals surface area contributed by atoms with Gasteiger partial charge < -0.3 is 15.5 Å². The lowest BCUT2D eigenvalue weighted by atomic mass is 10.0. The second-order valence-electron chi connectivity index (χ2n) is 13.1. The summed E-state index contributed by atoms with van der Waals surface area (Å²) in [6, 6.07) is 21.0. The Balaban J connectivity index is 0.930. The molecule has 13 heteroatoms. The van der Waals surface area contributed by atoms with Crippen LogP contribution in [-0.4, -0.2) is 75.4 Å². The van der Waals surface area contributed by atoms with Gasteiger partial charge in [-0.25, -0.2) is 14.8 Å². The fourth-order valence-corrected chi connectivity index (χ4v) is 6.62. The van der Waals surface area contributed by atoms with Crippen LogP contribution >= 0.6 is 0 Å². The number of benzene rings is 2. The van der Waals surface area contributed by atoms with E-state index in [9.17, 15) is 14.4 Å². The summed E-state index contributed by atoms with van der Waals surface area (Å²) in [7, 11) is 2.11. The van der Waals surface area contributed by atoms with Crippen molar-refractivity contribution in [1.82, 2.24) is 30.2 Å². The SMILES string of the molecule is Cc1ccc(NC(=O)c2ccc(N3CCC(N(C)Cc4ccncc4N4CCC(=O)NC4=O)CC3)cc2)cc1Nc1nccc(-c2cccnc2)n1. The van der Waals surface area contributed by atoms with Crippen LogP contribution in [0.25, 0.3) is 11.3 Å². The number of hydrogen-bond acceptors (Lipinski definition) is 10. The first-order chi connectivity index (χ1) is 25.3. The van der Waals surface area contributed by atoms with Crippen LogP contribution in [0.1, 0.15) is 40.7 Å². The molecule has 2 aliphatic rings. The Morgan fingerprint density at radius 2 is 1.75 bits per heavy atom. The van der Waals surface area contributed by atoms with E-state index >= 15 is 0 Å². The molecule has 0 unspecified atom stereocenters. The van der Waals surface area contributed by atoms with Gasteiger partial charge in [-0.3, -0.25) is 34.7 Å². The van der Waals surface area contributed by atoms with Crippen molar-refractivity contribution in [1.29, 1.82) is 0 Å². The minimum absolute atomic E-state index is 0.194. The van der Waals surface area contributed by atoms with Gasteiger partial charge in [0.1, 0.15) is 0 Å². The lowest BCUT2D eigenvalue weighted by molar-refractivity contribution is -0.120. The molecule has 2 aliphatic heterocycles. The molecule has 0 spiro atoms. The highest BCUT2D eigenvalue weighted by molar-refractivity contribution is 6.06. The molecule has 2 saturated heterocycles. The number of urea groups is 1. The number of hydrogen-bond donors (Lipinski definition) is 3. The van der Waals surface area contributed by atoms with Crippen molar-refractivity contribution >= 4 is 46.5 Å². The first-order valence-corrected chi connectivity index (χ1v) is 17.3. The summed E-state index contributed by atoms with van der Waals surface area (Å²) in [6.07, 6.45) is 10.8. The Morgan fingerprint density at radius 3 is 2.52 bits per heavy atom. The molecule has 0 radical (unpaired) electrons. The lowest BCUT2D eigenvalue weighted by Crippen LogP contribution is -2.50. The molecule has 3 aromatic heterocycles. The van der Waals surface area contributed by atoms with E-state index in [4.69, 9.17) is 0 Å². The number of carbonyl (C=O) groups excluding carboxylic acids is 3. The van der Waals surface area contributed by atoms with Crippen molar-refractivity contribution < 1.29 is 14.4 Å². The zero-order chi connectivity index (χ0) is 36.0. The molecule has 5 aromatic rings. The highest BCUT2D eigenvalue weighted by atomic mass is 16.2. The second kappa shape index (κ2) is 15.4. The maximum Gasteiger partial charge on any atom is 0.328 e. The number of nitrogens with zero attached hydrogens (tertiary/aromatic N) is 7. The van der Waals surface area contributed by atoms with Gasteiger partial charge in [-0.05, 0) is 98.6 Å². The van der Waals surface area contributed by atoms with Crippen LogP contribution in [0.3, 0.4) is 0 Å². The average molecular weight is 697 g/mol. The van der Waals surface area contributed by atoms with Crippen LogP contribution < -0.4 is 25.8 Å². The number of aryl methyl sites for hydroxylation is 1. The van der Waals surface area contributed by atoms with Crippen molar-refractivity contribution in [3.8, 4) is 11.3 Å². The Bertz CT molecular complexity index is 2070. The third-order valence-corrected chi connectivity index (χ3v) is 9.59. The Labute approximate surface area is 302 Å². The van der Waals surface area contributed by atoms with Crippen LogP contribution in [-0.2, 0) is 11.3 Å². The Hall–Kier alpha value is -6.21. The predicted molar refractivity (Wildman–Crippen MR) is 201 cm³/mol. The monoisotopic (exact) mass is 696 g/mol. The molecule has 4 amide bonds. The maximum absolute atomic E-state index is 13.3. The van der Waals surface area contributed by atoms with Gasteiger partial charge in [0.15, 0.2) is 0 Å². The van der Waals surface area contributed by atoms with E-state index in [0.29, 0.717) is 36.3 Å². The predicted octanol–water partition coefficient (Wildman–Crippen LogP) is 5.79. The number of anilines is 5. The third kappa shape index (κ3) is 7.89. The molecule has 2 aromatic carbocycles. The molecule has 0 bridgehead atoms. The van der Waals surface area contributed by atoms with Gasteiger partial charge in [0.05, 0.1) is 17.6 Å². The largest absolute Gasteiger partial charge is 0.371 e. The highest BCUT2D eigenvalue weighted by Crippen LogP contribution is 2.28. The zero-order valence-corrected chi connectivity index (χ0v) is 29.1. The van der Waals surface area contributed by atoms with Gasteiger partial charge in [-0.15, -0.1) is 0 Å². The van der Waals surface area contributed by atoms with Crippen molar-refractivity contribution in [3.05, 3.63) is 114 Å². The number of rotatable bonds is 10. The van der Waals surface area contributed by atoms with E-state index < -0.39 is 6.03 Å². The van der Waals surface area contributed by atoms with Crippen molar-refractivity contribution in [2.45, 2.75) is 38.8 Å². The summed E-state index contributed by atoms with van der Waals surface area (Å²) < 4.78 is 0. The highest BCUT2D eigenvalue weighted by Gasteiger charge is 2.28. The Morgan fingerprint density at radius 1 is 0.942 bits per heavy atom. The molecule has 7 rings (SSSR count). The van der Waals surface area contributed by atoms with Crippen LogP contribution in [0.15, 0.2) is 97.7 Å². The van der Waals surface area contributed by atoms with Gasteiger partial charge in [0, 0.05) is 91.6 Å². The molecule has 3 N–H and O–H groups in total. The van der Waals surface area contributed by atoms with Gasteiger partial charge in [-0.2, -0.15) is 0 Å². The number of amides is 4. The van der Waals surface area contributed by atoms with E-state index in [1.807, 2.05) is 73.7 Å². The summed E-state index contributed by atoms with van der Waals surface area (Å²) in [4.78, 5) is 61.1. The summed E-state index contributed by atoms with van der Waals surface area (Å²) in [5.41, 5.74) is 7.47. The number of piperidine rings is 1. The number of aromatic nitrogens is 4. The van der Waals surface area contributed by atoms with Crippen LogP contribution in [0.4, 0.5) is 33.5 Å². The fourth-order valence-electron chi connectivity index (χ4n) is 6.62. The molecular weight excluding hydrogens is 656 g/mol. The van der Waals surface area contributed by atoms with Crippen molar-refractivity contribution in [2.24, 2.45) is 0 Å². The number of nitrogens with one attached hydrogen (secondary N) is 3. The first kappa shape index (κ1) is 34.2. The number of carbonyl (C=O) groups is 3. The standard InChI is InChI=1S/C39H40N10O3/c1-26-5-8-30(22-34(26)45-38-42-18-12-33(44-38)28-4-3-16-40-23-28)43-37(51)27-6-9-32(10-7-27)48-19-13-31(14-20-48)47(2)25-29-11-17-41-24-35(29)49-21-15-36(50)46-39(49)52/h3-12,16-18,22-24,31H,13-15,19-21,25H2,1-2H3,(H,43,51)(H,42,44,45)(H,46,50,52). The fraction of sp³-hybridized carbons (Fsp3) is 0.256. The van der Waals surface area contributed by atoms with E-state index in [1.165, 1.54) is 0 Å². The van der Waals surface area contributed by atoms with Crippen molar-refractivity contribution in [3.63, 3.8) is 0 Å². The van der Waals surface area contributed by atoms with E-state index in [1.54, 1.807) is 35.9 Å². The summed E-state index contributed by atoms with van der Waals surface area (Å²) in [5, 5.41) is 8.71. The van der Waals surface area contributed by atoms with Crippen molar-refractivity contribution in [2.75, 3.05) is 47.1 Å². The quantitative estimate of drug-likeness (QED) is 0.164. The normalized spacial score (nSPS) is 15.1. The average Bonchev–Trinajstić information content (AvgIpc) is 3.17. The molecular formula is C39H40N10O3. The second-order valence-corrected chi connectivity index (χ2v) is 13.1. The van der Waals surface area contributed by atoms with Gasteiger partial charge in [0.2, 0.25) is 11.9 Å². The molecule has 52 heavy (non-hydrogen) atoms. The molecule has 13 nitrogen and oxygen atoms in total. The minimum Gasteiger partial charge on any atom is -0.371 e. The van der Waals surface area contributed by atoms with Gasteiger partial charge in [-0.1, -0.05) is 6.07 Å². The molecule has 0 aliphatic carbocycles. The minimum atomic E-state index is -0.405. The molecule has 0 atom stereocenters. The topological polar surface area (TPSA) is 149 Å². The van der Waals surface area contributed by atoms with E-state index in [2.05, 4.69) is 52.7 Å². The smallest absolute Gasteiger partial charge is 0.328 e. The first-order valence-electron chi connectivity index (χ1n) is 17.3. The van der Waals surface area contributed by atoms with Crippen LogP contribution in [0, 0.1) is 6.92 Å². The maximum atomic E-state index is 13.3. The van der Waals surface area contributed by atoms with E-state index in [-0.39, 0.29) is 18.2 Å². The number of pyridine rings is 2. The molecule has 264 valence electrons. The summed E-state index contributed by atoms with van der Waals surface area (Å²) in [6.45, 7) is 4.76. The van der Waals surface area contributed by atoms with Crippen LogP contribution in [0.5, 0.6) is 0 Å². The molecule has 5 heterocycles. The Kier molecular flexibility index (Phi) is 10.1. The van der Waals surface area contributed by atoms with Gasteiger partial charge >= 0.3 is 6.03 Å². The van der Waals surface area contributed by atoms with E-state index in [0.717, 1.165) is 65.4 Å².